The molecule has 3 rings (SSSR count). The lowest BCUT2D eigenvalue weighted by Crippen LogP contribution is -2.31. The van der Waals surface area contributed by atoms with Crippen LogP contribution in [-0.2, 0) is 13.0 Å². The summed E-state index contributed by atoms with van der Waals surface area (Å²) in [5.41, 5.74) is 2.78. The first-order valence-corrected chi connectivity index (χ1v) is 6.51. The number of furan rings is 1. The number of hydrogen-bond donors (Lipinski definition) is 0. The van der Waals surface area contributed by atoms with Crippen LogP contribution < -0.4 is 0 Å². The minimum atomic E-state index is 0.0777. The highest BCUT2D eigenvalue weighted by Crippen LogP contribution is 2.21. The predicted octanol–water partition coefficient (Wildman–Crippen LogP) is 2.57. The summed E-state index contributed by atoms with van der Waals surface area (Å²) >= 11 is 0. The Hall–Kier alpha value is -2.10. The van der Waals surface area contributed by atoms with E-state index in [9.17, 15) is 4.79 Å². The molecule has 1 aliphatic rings. The number of carbonyl (C=O) groups excluding carboxylic acids is 1. The zero-order valence-electron chi connectivity index (χ0n) is 10.9. The molecule has 0 aliphatic carbocycles. The van der Waals surface area contributed by atoms with Crippen molar-refractivity contribution in [1.82, 2.24) is 9.88 Å². The minimum absolute atomic E-state index is 0.0777. The normalized spacial score (nSPS) is 14.9. The highest BCUT2D eigenvalue weighted by Gasteiger charge is 2.22. The topological polar surface area (TPSA) is 46.3 Å². The van der Waals surface area contributed by atoms with Crippen LogP contribution in [0.5, 0.6) is 0 Å². The molecule has 1 amide bonds. The second-order valence-electron chi connectivity index (χ2n) is 4.89. The van der Waals surface area contributed by atoms with Gasteiger partial charge in [0.2, 0.25) is 0 Å². The zero-order valence-corrected chi connectivity index (χ0v) is 10.9. The Balaban J connectivity index is 1.87. The van der Waals surface area contributed by atoms with Crippen LogP contribution in [0.2, 0.25) is 0 Å². The van der Waals surface area contributed by atoms with Gasteiger partial charge in [-0.25, -0.2) is 0 Å². The van der Waals surface area contributed by atoms with E-state index in [0.29, 0.717) is 6.54 Å². The quantitative estimate of drug-likeness (QED) is 0.787. The van der Waals surface area contributed by atoms with Crippen molar-refractivity contribution >= 4 is 5.91 Å². The van der Waals surface area contributed by atoms with Crippen molar-refractivity contribution in [2.24, 2.45) is 0 Å². The molecule has 0 saturated carbocycles. The Bertz CT molecular complexity index is 604. The Morgan fingerprint density at radius 1 is 1.42 bits per heavy atom. The molecule has 0 bridgehead atoms. The summed E-state index contributed by atoms with van der Waals surface area (Å²) in [5, 5.41) is 0. The zero-order chi connectivity index (χ0) is 13.2. The van der Waals surface area contributed by atoms with E-state index in [2.05, 4.69) is 4.98 Å². The van der Waals surface area contributed by atoms with Gasteiger partial charge >= 0.3 is 0 Å². The Morgan fingerprint density at radius 3 is 3.16 bits per heavy atom. The van der Waals surface area contributed by atoms with Crippen molar-refractivity contribution in [3.8, 4) is 0 Å². The number of carbonyl (C=O) groups is 1. The van der Waals surface area contributed by atoms with Gasteiger partial charge in [0, 0.05) is 43.0 Å². The van der Waals surface area contributed by atoms with Crippen LogP contribution >= 0.6 is 0 Å². The number of aromatic nitrogens is 1. The highest BCUT2D eigenvalue weighted by atomic mass is 16.3. The number of amides is 1. The molecular weight excluding hydrogens is 240 g/mol. The third-order valence-electron chi connectivity index (χ3n) is 3.57. The predicted molar refractivity (Wildman–Crippen MR) is 70.7 cm³/mol. The van der Waals surface area contributed by atoms with Gasteiger partial charge in [0.1, 0.15) is 5.76 Å². The van der Waals surface area contributed by atoms with Crippen molar-refractivity contribution in [2.45, 2.75) is 26.3 Å². The van der Waals surface area contributed by atoms with Gasteiger partial charge in [-0.2, -0.15) is 0 Å². The fourth-order valence-corrected chi connectivity index (χ4v) is 2.50. The number of rotatable bonds is 1. The van der Waals surface area contributed by atoms with Crippen LogP contribution in [0.25, 0.3) is 0 Å². The minimum Gasteiger partial charge on any atom is -0.469 e. The number of hydrogen-bond acceptors (Lipinski definition) is 3. The van der Waals surface area contributed by atoms with E-state index in [0.717, 1.165) is 41.8 Å². The van der Waals surface area contributed by atoms with Crippen LogP contribution in [-0.4, -0.2) is 22.3 Å². The first-order chi connectivity index (χ1) is 9.25. The lowest BCUT2D eigenvalue weighted by atomic mass is 10.1. The summed E-state index contributed by atoms with van der Waals surface area (Å²) in [7, 11) is 0. The van der Waals surface area contributed by atoms with Crippen molar-refractivity contribution in [3.05, 3.63) is 53.2 Å². The maximum atomic E-state index is 12.6. The summed E-state index contributed by atoms with van der Waals surface area (Å²) in [6.45, 7) is 3.32. The standard InChI is InChI=1S/C15H16N2O2/c1-11-9-16-6-4-13(11)15(18)17-7-2-3-14-12(10-17)5-8-19-14/h4-6,8-9H,2-3,7,10H2,1H3. The molecule has 98 valence electrons. The average Bonchev–Trinajstić information content (AvgIpc) is 2.76. The summed E-state index contributed by atoms with van der Waals surface area (Å²) in [5.74, 6) is 1.09. The molecular formula is C15H16N2O2. The summed E-state index contributed by atoms with van der Waals surface area (Å²) in [4.78, 5) is 18.5. The molecule has 0 aromatic carbocycles. The molecule has 4 heteroatoms. The fraction of sp³-hybridized carbons (Fsp3) is 0.333. The molecule has 0 spiro atoms. The van der Waals surface area contributed by atoms with Gasteiger partial charge in [0.25, 0.3) is 5.91 Å². The summed E-state index contributed by atoms with van der Waals surface area (Å²) < 4.78 is 5.45. The fourth-order valence-electron chi connectivity index (χ4n) is 2.50. The molecule has 0 atom stereocenters. The van der Waals surface area contributed by atoms with Gasteiger partial charge in [-0.05, 0) is 31.0 Å². The van der Waals surface area contributed by atoms with Crippen LogP contribution in [0.4, 0.5) is 0 Å². The van der Waals surface area contributed by atoms with E-state index < -0.39 is 0 Å². The number of nitrogens with zero attached hydrogens (tertiary/aromatic N) is 2. The second-order valence-corrected chi connectivity index (χ2v) is 4.89. The van der Waals surface area contributed by atoms with Gasteiger partial charge in [0.15, 0.2) is 0 Å². The number of pyridine rings is 1. The Morgan fingerprint density at radius 2 is 2.32 bits per heavy atom. The van der Waals surface area contributed by atoms with Crippen molar-refractivity contribution < 1.29 is 9.21 Å². The van der Waals surface area contributed by atoms with Crippen LogP contribution in [0, 0.1) is 6.92 Å². The molecule has 0 fully saturated rings. The first-order valence-electron chi connectivity index (χ1n) is 6.51. The third-order valence-corrected chi connectivity index (χ3v) is 3.57. The van der Waals surface area contributed by atoms with Crippen LogP contribution in [0.15, 0.2) is 35.2 Å². The molecule has 19 heavy (non-hydrogen) atoms. The summed E-state index contributed by atoms with van der Waals surface area (Å²) in [6, 6.07) is 3.75. The molecule has 0 unspecified atom stereocenters. The largest absolute Gasteiger partial charge is 0.469 e. The van der Waals surface area contributed by atoms with E-state index >= 15 is 0 Å². The SMILES string of the molecule is Cc1cnccc1C(=O)N1CCCc2occc2C1. The van der Waals surface area contributed by atoms with E-state index in [1.807, 2.05) is 17.9 Å². The van der Waals surface area contributed by atoms with E-state index in [-0.39, 0.29) is 5.91 Å². The van der Waals surface area contributed by atoms with Crippen LogP contribution in [0.3, 0.4) is 0 Å². The van der Waals surface area contributed by atoms with Gasteiger partial charge in [0.05, 0.1) is 6.26 Å². The molecule has 4 nitrogen and oxygen atoms in total. The Kier molecular flexibility index (Phi) is 3.07. The number of aryl methyl sites for hydroxylation is 2. The molecule has 2 aromatic rings. The summed E-state index contributed by atoms with van der Waals surface area (Å²) in [6.07, 6.45) is 6.95. The van der Waals surface area contributed by atoms with Crippen LogP contribution in [0.1, 0.15) is 33.7 Å². The number of fused-ring (bicyclic) bond motifs is 1. The second kappa shape index (κ2) is 4.88. The Labute approximate surface area is 112 Å². The molecule has 3 heterocycles. The molecule has 1 aliphatic heterocycles. The lowest BCUT2D eigenvalue weighted by Gasteiger charge is -2.21. The van der Waals surface area contributed by atoms with Gasteiger partial charge in [-0.15, -0.1) is 0 Å². The molecule has 0 N–H and O–H groups in total. The molecule has 0 radical (unpaired) electrons. The third kappa shape index (κ3) is 2.26. The van der Waals surface area contributed by atoms with E-state index in [1.54, 1.807) is 24.7 Å². The van der Waals surface area contributed by atoms with Gasteiger partial charge in [-0.1, -0.05) is 0 Å². The van der Waals surface area contributed by atoms with E-state index in [4.69, 9.17) is 4.42 Å². The van der Waals surface area contributed by atoms with Crippen molar-refractivity contribution in [3.63, 3.8) is 0 Å². The van der Waals surface area contributed by atoms with Gasteiger partial charge < -0.3 is 9.32 Å². The van der Waals surface area contributed by atoms with E-state index in [1.165, 1.54) is 0 Å². The average molecular weight is 256 g/mol. The monoisotopic (exact) mass is 256 g/mol. The van der Waals surface area contributed by atoms with Crippen molar-refractivity contribution in [1.29, 1.82) is 0 Å². The smallest absolute Gasteiger partial charge is 0.254 e. The van der Waals surface area contributed by atoms with Crippen molar-refractivity contribution in [2.75, 3.05) is 6.54 Å². The molecule has 2 aromatic heterocycles. The first kappa shape index (κ1) is 12.0. The maximum Gasteiger partial charge on any atom is 0.254 e. The highest BCUT2D eigenvalue weighted by molar-refractivity contribution is 5.95. The lowest BCUT2D eigenvalue weighted by molar-refractivity contribution is 0.0745. The maximum absolute atomic E-state index is 12.6. The molecule has 0 saturated heterocycles. The van der Waals surface area contributed by atoms with Gasteiger partial charge in [-0.3, -0.25) is 9.78 Å².